The molecule has 0 N–H and O–H groups in total. The zero-order valence-corrected chi connectivity index (χ0v) is 8.82. The highest BCUT2D eigenvalue weighted by Crippen LogP contribution is 2.67. The molecule has 2 heterocycles. The van der Waals surface area contributed by atoms with Gasteiger partial charge in [0.1, 0.15) is 0 Å². The van der Waals surface area contributed by atoms with Gasteiger partial charge in [-0.15, -0.1) is 0 Å². The second-order valence-electron chi connectivity index (χ2n) is 5.72. The molecule has 4 atom stereocenters. The zero-order valence-electron chi connectivity index (χ0n) is 8.82. The maximum atomic E-state index is 11.4. The summed E-state index contributed by atoms with van der Waals surface area (Å²) in [6.45, 7) is 2.24. The first-order chi connectivity index (χ1) is 7.11. The van der Waals surface area contributed by atoms with Gasteiger partial charge in [-0.2, -0.15) is 0 Å². The van der Waals surface area contributed by atoms with Crippen molar-refractivity contribution in [1.29, 1.82) is 0 Å². The largest absolute Gasteiger partial charge is 0.367 e. The highest BCUT2D eigenvalue weighted by Gasteiger charge is 2.65. The van der Waals surface area contributed by atoms with E-state index in [0.717, 1.165) is 12.8 Å². The minimum absolute atomic E-state index is 0.0900. The summed E-state index contributed by atoms with van der Waals surface area (Å²) in [5.74, 6) is 0.843. The second kappa shape index (κ2) is 2.12. The number of carbonyl (C=O) groups is 1. The van der Waals surface area contributed by atoms with E-state index in [1.54, 1.807) is 6.08 Å². The van der Waals surface area contributed by atoms with Crippen LogP contribution in [0.1, 0.15) is 26.2 Å². The number of ether oxygens (including phenoxy) is 1. The highest BCUT2D eigenvalue weighted by molar-refractivity contribution is 6.01. The topological polar surface area (TPSA) is 26.3 Å². The first-order valence-electron chi connectivity index (χ1n) is 5.74. The van der Waals surface area contributed by atoms with Gasteiger partial charge in [0.25, 0.3) is 0 Å². The lowest BCUT2D eigenvalue weighted by Crippen LogP contribution is -2.39. The second-order valence-corrected chi connectivity index (χ2v) is 5.72. The van der Waals surface area contributed by atoms with Crippen LogP contribution in [0.15, 0.2) is 23.8 Å². The smallest absolute Gasteiger partial charge is 0.178 e. The molecule has 5 rings (SSSR count). The molecule has 0 amide bonds. The fraction of sp³-hybridized carbons (Fsp3) is 0.615. The Morgan fingerprint density at radius 3 is 3.20 bits per heavy atom. The molecule has 15 heavy (non-hydrogen) atoms. The van der Waals surface area contributed by atoms with Crippen LogP contribution in [-0.2, 0) is 9.53 Å². The van der Waals surface area contributed by atoms with Crippen LogP contribution >= 0.6 is 0 Å². The maximum absolute atomic E-state index is 11.4. The lowest BCUT2D eigenvalue weighted by molar-refractivity contribution is -0.111. The SMILES string of the molecule is C[C@]12C[C@@]34C=CC(=O)C=C3[C@H](CC1C4)O2. The van der Waals surface area contributed by atoms with Gasteiger partial charge in [0.05, 0.1) is 11.7 Å². The van der Waals surface area contributed by atoms with E-state index < -0.39 is 0 Å². The van der Waals surface area contributed by atoms with Gasteiger partial charge in [0.2, 0.25) is 0 Å². The molecule has 4 fully saturated rings. The van der Waals surface area contributed by atoms with Crippen molar-refractivity contribution in [3.05, 3.63) is 23.8 Å². The molecule has 2 heteroatoms. The molecule has 2 saturated heterocycles. The number of hydrogen-bond acceptors (Lipinski definition) is 2. The zero-order chi connectivity index (χ0) is 10.3. The Balaban J connectivity index is 1.92. The molecule has 2 saturated carbocycles. The average molecular weight is 202 g/mol. The number of carbonyl (C=O) groups excluding carboxylic acids is 1. The Labute approximate surface area is 89.0 Å². The van der Waals surface area contributed by atoms with Crippen molar-refractivity contribution < 1.29 is 9.53 Å². The van der Waals surface area contributed by atoms with Gasteiger partial charge < -0.3 is 4.74 Å². The molecule has 0 radical (unpaired) electrons. The highest BCUT2D eigenvalue weighted by atomic mass is 16.5. The molecule has 2 nitrogen and oxygen atoms in total. The van der Waals surface area contributed by atoms with Gasteiger partial charge in [-0.3, -0.25) is 4.79 Å². The van der Waals surface area contributed by atoms with E-state index in [-0.39, 0.29) is 22.9 Å². The predicted molar refractivity (Wildman–Crippen MR) is 55.3 cm³/mol. The van der Waals surface area contributed by atoms with Crippen molar-refractivity contribution in [3.8, 4) is 0 Å². The number of ketones is 1. The lowest BCUT2D eigenvalue weighted by atomic mass is 9.68. The van der Waals surface area contributed by atoms with E-state index in [4.69, 9.17) is 4.74 Å². The first kappa shape index (κ1) is 8.28. The van der Waals surface area contributed by atoms with Crippen molar-refractivity contribution in [2.75, 3.05) is 0 Å². The predicted octanol–water partition coefficient (Wildman–Crippen LogP) is 2.01. The summed E-state index contributed by atoms with van der Waals surface area (Å²) in [6, 6.07) is 0. The third kappa shape index (κ3) is 0.795. The Bertz CT molecular complexity index is 434. The Morgan fingerprint density at radius 1 is 1.53 bits per heavy atom. The van der Waals surface area contributed by atoms with Crippen LogP contribution in [-0.4, -0.2) is 17.5 Å². The van der Waals surface area contributed by atoms with E-state index in [1.165, 1.54) is 12.0 Å². The summed E-state index contributed by atoms with van der Waals surface area (Å²) >= 11 is 0. The van der Waals surface area contributed by atoms with Crippen molar-refractivity contribution in [2.24, 2.45) is 11.3 Å². The van der Waals surface area contributed by atoms with Crippen LogP contribution in [0.4, 0.5) is 0 Å². The normalized spacial score (nSPS) is 54.7. The van der Waals surface area contributed by atoms with Gasteiger partial charge in [-0.25, -0.2) is 0 Å². The van der Waals surface area contributed by atoms with Crippen molar-refractivity contribution >= 4 is 5.78 Å². The van der Waals surface area contributed by atoms with Crippen molar-refractivity contribution in [3.63, 3.8) is 0 Å². The molecular formula is C13H14O2. The quantitative estimate of drug-likeness (QED) is 0.600. The van der Waals surface area contributed by atoms with Crippen LogP contribution in [0.3, 0.4) is 0 Å². The Morgan fingerprint density at radius 2 is 2.40 bits per heavy atom. The van der Waals surface area contributed by atoms with Crippen molar-refractivity contribution in [1.82, 2.24) is 0 Å². The fourth-order valence-electron chi connectivity index (χ4n) is 4.23. The molecule has 4 bridgehead atoms. The van der Waals surface area contributed by atoms with Gasteiger partial charge in [-0.1, -0.05) is 6.08 Å². The average Bonchev–Trinajstić information content (AvgIpc) is 2.54. The van der Waals surface area contributed by atoms with E-state index >= 15 is 0 Å². The van der Waals surface area contributed by atoms with Crippen LogP contribution in [0, 0.1) is 11.3 Å². The monoisotopic (exact) mass is 202 g/mol. The van der Waals surface area contributed by atoms with Gasteiger partial charge in [-0.05, 0) is 49.8 Å². The third-order valence-corrected chi connectivity index (χ3v) is 4.84. The fourth-order valence-corrected chi connectivity index (χ4v) is 4.23. The summed E-state index contributed by atoms with van der Waals surface area (Å²) in [7, 11) is 0. The molecule has 0 aromatic carbocycles. The molecule has 2 aliphatic heterocycles. The van der Waals surface area contributed by atoms with E-state index in [9.17, 15) is 4.79 Å². The third-order valence-electron chi connectivity index (χ3n) is 4.84. The summed E-state index contributed by atoms with van der Waals surface area (Å²) < 4.78 is 6.10. The van der Waals surface area contributed by atoms with E-state index in [1.807, 2.05) is 6.08 Å². The van der Waals surface area contributed by atoms with Crippen LogP contribution < -0.4 is 0 Å². The first-order valence-corrected chi connectivity index (χ1v) is 5.74. The molecular weight excluding hydrogens is 188 g/mol. The van der Waals surface area contributed by atoms with E-state index in [2.05, 4.69) is 13.0 Å². The summed E-state index contributed by atoms with van der Waals surface area (Å²) in [6.07, 6.45) is 9.36. The molecule has 0 aromatic rings. The molecule has 1 unspecified atom stereocenters. The summed E-state index contributed by atoms with van der Waals surface area (Å²) in [5, 5.41) is 0. The standard InChI is InChI=1S/C13H14O2/c1-12-7-13-3-2-9(14)5-10(13)11(15-12)4-8(12)6-13/h2-3,5,8,11H,4,6-7H2,1H3/t8?,11-,12-,13-/m0/s1. The number of rotatable bonds is 0. The van der Waals surface area contributed by atoms with Gasteiger partial charge >= 0.3 is 0 Å². The minimum atomic E-state index is 0.0900. The Kier molecular flexibility index (Phi) is 1.17. The molecule has 5 aliphatic rings. The lowest BCUT2D eigenvalue weighted by Gasteiger charge is -2.42. The van der Waals surface area contributed by atoms with Gasteiger partial charge in [0, 0.05) is 5.41 Å². The minimum Gasteiger partial charge on any atom is -0.367 e. The molecule has 3 aliphatic carbocycles. The molecule has 78 valence electrons. The maximum Gasteiger partial charge on any atom is 0.178 e. The number of allylic oxidation sites excluding steroid dienone is 3. The number of hydrogen-bond donors (Lipinski definition) is 0. The van der Waals surface area contributed by atoms with Crippen LogP contribution in [0.25, 0.3) is 0 Å². The van der Waals surface area contributed by atoms with E-state index in [0.29, 0.717) is 5.92 Å². The Hall–Kier alpha value is -0.890. The van der Waals surface area contributed by atoms with Gasteiger partial charge in [0.15, 0.2) is 5.78 Å². The van der Waals surface area contributed by atoms with Crippen LogP contribution in [0.2, 0.25) is 0 Å². The summed E-state index contributed by atoms with van der Waals surface area (Å²) in [5.41, 5.74) is 1.54. The molecule has 0 aromatic heterocycles. The van der Waals surface area contributed by atoms with Crippen molar-refractivity contribution in [2.45, 2.75) is 37.9 Å². The molecule has 1 spiro atoms. The van der Waals surface area contributed by atoms with Crippen LogP contribution in [0.5, 0.6) is 0 Å². The summed E-state index contributed by atoms with van der Waals surface area (Å²) in [4.78, 5) is 11.4.